The van der Waals surface area contributed by atoms with E-state index in [1.807, 2.05) is 12.1 Å². The van der Waals surface area contributed by atoms with Crippen LogP contribution in [-0.4, -0.2) is 27.1 Å². The quantitative estimate of drug-likeness (QED) is 0.774. The van der Waals surface area contributed by atoms with Crippen LogP contribution in [0.4, 0.5) is 5.69 Å². The van der Waals surface area contributed by atoms with Gasteiger partial charge in [0.2, 0.25) is 0 Å². The predicted octanol–water partition coefficient (Wildman–Crippen LogP) is 2.58. The molecule has 1 aliphatic rings. The molecule has 1 aromatic carbocycles. The highest BCUT2D eigenvalue weighted by Gasteiger charge is 2.16. The molecule has 6 nitrogen and oxygen atoms in total. The van der Waals surface area contributed by atoms with Gasteiger partial charge in [-0.15, -0.1) is 0 Å². The Morgan fingerprint density at radius 1 is 1.35 bits per heavy atom. The molecular formula is C17H15N3O3. The standard InChI is InChI=1S/C17H15N3O3/c21-17(22)16-13(2-4-15-18-6-7-20(15)16)19-10-11-1-3-14-12(9-11)5-8-23-14/h1-4,6-7,9,19H,5,8,10H2,(H,21,22). The summed E-state index contributed by atoms with van der Waals surface area (Å²) in [4.78, 5) is 15.7. The van der Waals surface area contributed by atoms with Gasteiger partial charge in [0.05, 0.1) is 12.3 Å². The minimum atomic E-state index is -0.988. The van der Waals surface area contributed by atoms with Gasteiger partial charge < -0.3 is 15.2 Å². The lowest BCUT2D eigenvalue weighted by atomic mass is 10.1. The molecule has 1 aliphatic heterocycles. The van der Waals surface area contributed by atoms with E-state index >= 15 is 0 Å². The van der Waals surface area contributed by atoms with Crippen LogP contribution in [0.15, 0.2) is 42.7 Å². The van der Waals surface area contributed by atoms with Crippen molar-refractivity contribution in [1.82, 2.24) is 9.38 Å². The number of carboxylic acid groups (broad SMARTS) is 1. The summed E-state index contributed by atoms with van der Waals surface area (Å²) in [6.45, 7) is 1.28. The van der Waals surface area contributed by atoms with E-state index in [0.29, 0.717) is 17.9 Å². The van der Waals surface area contributed by atoms with E-state index < -0.39 is 5.97 Å². The third-order valence-corrected chi connectivity index (χ3v) is 4.00. The fourth-order valence-corrected chi connectivity index (χ4v) is 2.90. The number of nitrogens with one attached hydrogen (secondary N) is 1. The summed E-state index contributed by atoms with van der Waals surface area (Å²) in [5.41, 5.74) is 3.66. The number of hydrogen-bond donors (Lipinski definition) is 2. The zero-order chi connectivity index (χ0) is 15.8. The Morgan fingerprint density at radius 3 is 3.13 bits per heavy atom. The summed E-state index contributed by atoms with van der Waals surface area (Å²) >= 11 is 0. The molecule has 23 heavy (non-hydrogen) atoms. The number of aromatic carboxylic acids is 1. The topological polar surface area (TPSA) is 75.9 Å². The molecule has 4 rings (SSSR count). The lowest BCUT2D eigenvalue weighted by Gasteiger charge is -2.12. The van der Waals surface area contributed by atoms with E-state index in [0.717, 1.165) is 24.3 Å². The maximum absolute atomic E-state index is 11.6. The van der Waals surface area contributed by atoms with Gasteiger partial charge in [-0.2, -0.15) is 0 Å². The molecule has 6 heteroatoms. The van der Waals surface area contributed by atoms with Crippen molar-refractivity contribution < 1.29 is 14.6 Å². The molecule has 0 unspecified atom stereocenters. The van der Waals surface area contributed by atoms with Crippen molar-refractivity contribution in [3.8, 4) is 5.75 Å². The van der Waals surface area contributed by atoms with Crippen LogP contribution in [0.2, 0.25) is 0 Å². The average Bonchev–Trinajstić information content (AvgIpc) is 3.19. The van der Waals surface area contributed by atoms with Gasteiger partial charge in [-0.05, 0) is 29.3 Å². The van der Waals surface area contributed by atoms with Gasteiger partial charge in [0.1, 0.15) is 11.4 Å². The van der Waals surface area contributed by atoms with Crippen molar-refractivity contribution >= 4 is 17.3 Å². The molecule has 3 heterocycles. The van der Waals surface area contributed by atoms with E-state index in [4.69, 9.17) is 4.74 Å². The van der Waals surface area contributed by atoms with Crippen molar-refractivity contribution in [2.45, 2.75) is 13.0 Å². The first-order valence-electron chi connectivity index (χ1n) is 7.40. The normalized spacial score (nSPS) is 12.9. The molecule has 0 spiro atoms. The van der Waals surface area contributed by atoms with Gasteiger partial charge in [-0.1, -0.05) is 12.1 Å². The summed E-state index contributed by atoms with van der Waals surface area (Å²) in [6, 6.07) is 9.61. The number of fused-ring (bicyclic) bond motifs is 2. The van der Waals surface area contributed by atoms with Crippen molar-refractivity contribution in [2.24, 2.45) is 0 Å². The molecule has 3 aromatic rings. The summed E-state index contributed by atoms with van der Waals surface area (Å²) in [5, 5.41) is 12.7. The van der Waals surface area contributed by atoms with E-state index in [9.17, 15) is 9.90 Å². The van der Waals surface area contributed by atoms with Crippen LogP contribution >= 0.6 is 0 Å². The molecule has 0 amide bonds. The van der Waals surface area contributed by atoms with Crippen LogP contribution in [0, 0.1) is 0 Å². The highest BCUT2D eigenvalue weighted by molar-refractivity contribution is 5.93. The van der Waals surface area contributed by atoms with Gasteiger partial charge in [0.15, 0.2) is 5.69 Å². The van der Waals surface area contributed by atoms with Gasteiger partial charge in [-0.25, -0.2) is 9.78 Å². The number of aromatic nitrogens is 2. The van der Waals surface area contributed by atoms with Crippen molar-refractivity contribution in [2.75, 3.05) is 11.9 Å². The molecule has 0 fully saturated rings. The van der Waals surface area contributed by atoms with Gasteiger partial charge in [0, 0.05) is 25.4 Å². The smallest absolute Gasteiger partial charge is 0.355 e. The molecule has 0 atom stereocenters. The molecule has 2 N–H and O–H groups in total. The Hall–Kier alpha value is -3.02. The molecule has 0 radical (unpaired) electrons. The lowest BCUT2D eigenvalue weighted by molar-refractivity contribution is 0.0690. The lowest BCUT2D eigenvalue weighted by Crippen LogP contribution is -2.11. The van der Waals surface area contributed by atoms with Gasteiger partial charge in [-0.3, -0.25) is 4.40 Å². The third kappa shape index (κ3) is 2.38. The molecule has 116 valence electrons. The van der Waals surface area contributed by atoms with E-state index in [1.165, 1.54) is 5.56 Å². The highest BCUT2D eigenvalue weighted by atomic mass is 16.5. The van der Waals surface area contributed by atoms with E-state index in [1.54, 1.807) is 28.9 Å². The molecule has 0 saturated heterocycles. The summed E-state index contributed by atoms with van der Waals surface area (Å²) in [5.74, 6) is -0.0433. The summed E-state index contributed by atoms with van der Waals surface area (Å²) in [6.07, 6.45) is 4.16. The van der Waals surface area contributed by atoms with Crippen molar-refractivity contribution in [3.63, 3.8) is 0 Å². The number of imidazole rings is 1. The molecule has 0 saturated carbocycles. The van der Waals surface area contributed by atoms with Crippen LogP contribution in [0.1, 0.15) is 21.6 Å². The van der Waals surface area contributed by atoms with Crippen LogP contribution in [0.3, 0.4) is 0 Å². The Morgan fingerprint density at radius 2 is 2.26 bits per heavy atom. The zero-order valence-corrected chi connectivity index (χ0v) is 12.3. The number of rotatable bonds is 4. The Kier molecular flexibility index (Phi) is 3.15. The van der Waals surface area contributed by atoms with Crippen LogP contribution in [-0.2, 0) is 13.0 Å². The molecule has 0 bridgehead atoms. The number of benzene rings is 1. The number of ether oxygens (including phenoxy) is 1. The van der Waals surface area contributed by atoms with Gasteiger partial charge in [0.25, 0.3) is 0 Å². The highest BCUT2D eigenvalue weighted by Crippen LogP contribution is 2.26. The average molecular weight is 309 g/mol. The van der Waals surface area contributed by atoms with Crippen molar-refractivity contribution in [3.05, 3.63) is 59.5 Å². The minimum Gasteiger partial charge on any atom is -0.493 e. The number of anilines is 1. The fraction of sp³-hybridized carbons (Fsp3) is 0.176. The number of nitrogens with zero attached hydrogens (tertiary/aromatic N) is 2. The fourth-order valence-electron chi connectivity index (χ4n) is 2.90. The second-order valence-electron chi connectivity index (χ2n) is 5.45. The SMILES string of the molecule is O=C(O)c1c(NCc2ccc3c(c2)CCO3)ccc2nccn12. The summed E-state index contributed by atoms with van der Waals surface area (Å²) in [7, 11) is 0. The van der Waals surface area contributed by atoms with E-state index in [-0.39, 0.29) is 5.69 Å². The first-order valence-corrected chi connectivity index (χ1v) is 7.40. The number of hydrogen-bond acceptors (Lipinski definition) is 4. The number of pyridine rings is 1. The second-order valence-corrected chi connectivity index (χ2v) is 5.45. The largest absolute Gasteiger partial charge is 0.493 e. The third-order valence-electron chi connectivity index (χ3n) is 4.00. The Labute approximate surface area is 132 Å². The second kappa shape index (κ2) is 5.31. The maximum atomic E-state index is 11.6. The first-order chi connectivity index (χ1) is 11.2. The zero-order valence-electron chi connectivity index (χ0n) is 12.3. The Balaban J connectivity index is 1.62. The molecule has 2 aromatic heterocycles. The van der Waals surface area contributed by atoms with Crippen molar-refractivity contribution in [1.29, 1.82) is 0 Å². The Bertz CT molecular complexity index is 901. The number of carbonyl (C=O) groups is 1. The molecular weight excluding hydrogens is 294 g/mol. The van der Waals surface area contributed by atoms with Crippen LogP contribution in [0.5, 0.6) is 5.75 Å². The first kappa shape index (κ1) is 13.6. The predicted molar refractivity (Wildman–Crippen MR) is 85.1 cm³/mol. The van der Waals surface area contributed by atoms with E-state index in [2.05, 4.69) is 16.4 Å². The van der Waals surface area contributed by atoms with Gasteiger partial charge >= 0.3 is 5.97 Å². The van der Waals surface area contributed by atoms with Crippen LogP contribution < -0.4 is 10.1 Å². The summed E-state index contributed by atoms with van der Waals surface area (Å²) < 4.78 is 7.07. The monoisotopic (exact) mass is 309 g/mol. The molecule has 0 aliphatic carbocycles. The maximum Gasteiger partial charge on any atom is 0.355 e. The minimum absolute atomic E-state index is 0.185. The number of carboxylic acids is 1. The van der Waals surface area contributed by atoms with Crippen LogP contribution in [0.25, 0.3) is 5.65 Å².